The fourth-order valence-electron chi connectivity index (χ4n) is 2.48. The van der Waals surface area contributed by atoms with Gasteiger partial charge in [-0.3, -0.25) is 9.59 Å². The zero-order valence-electron chi connectivity index (χ0n) is 12.3. The van der Waals surface area contributed by atoms with Gasteiger partial charge >= 0.3 is 0 Å². The maximum atomic E-state index is 12.2. The Morgan fingerprint density at radius 3 is 3.05 bits per heavy atom. The van der Waals surface area contributed by atoms with Crippen LogP contribution in [0.15, 0.2) is 23.6 Å². The highest BCUT2D eigenvalue weighted by Crippen LogP contribution is 2.23. The summed E-state index contributed by atoms with van der Waals surface area (Å²) >= 11 is 1.57. The van der Waals surface area contributed by atoms with E-state index in [1.165, 1.54) is 0 Å². The number of carbonyl (C=O) groups is 2. The van der Waals surface area contributed by atoms with Crippen molar-refractivity contribution < 1.29 is 9.59 Å². The number of nitrogens with one attached hydrogen (secondary N) is 2. The second kappa shape index (κ2) is 6.27. The van der Waals surface area contributed by atoms with Gasteiger partial charge in [-0.05, 0) is 43.5 Å². The Bertz CT molecular complexity index is 724. The quantitative estimate of drug-likeness (QED) is 0.914. The van der Waals surface area contributed by atoms with Crippen LogP contribution in [0.2, 0.25) is 0 Å². The Labute approximate surface area is 132 Å². The van der Waals surface area contributed by atoms with Gasteiger partial charge in [0.05, 0.1) is 17.2 Å². The summed E-state index contributed by atoms with van der Waals surface area (Å²) in [5.41, 5.74) is 3.32. The van der Waals surface area contributed by atoms with Gasteiger partial charge in [0.1, 0.15) is 0 Å². The maximum Gasteiger partial charge on any atom is 0.251 e. The third kappa shape index (κ3) is 3.33. The van der Waals surface area contributed by atoms with Crippen LogP contribution >= 0.6 is 11.3 Å². The normalized spacial score (nSPS) is 14.0. The number of rotatable bonds is 3. The number of carbonyl (C=O) groups excluding carboxylic acids is 2. The Morgan fingerprint density at radius 2 is 2.27 bits per heavy atom. The average Bonchev–Trinajstić information content (AvgIpc) is 2.82. The molecule has 0 bridgehead atoms. The molecule has 0 atom stereocenters. The van der Waals surface area contributed by atoms with Crippen molar-refractivity contribution in [3.05, 3.63) is 45.4 Å². The Hall–Kier alpha value is -2.21. The number of hydrogen-bond donors (Lipinski definition) is 2. The van der Waals surface area contributed by atoms with Crippen molar-refractivity contribution in [2.45, 2.75) is 32.7 Å². The number of aromatic nitrogens is 1. The first kappa shape index (κ1) is 14.7. The number of benzene rings is 1. The molecular weight excluding hydrogens is 298 g/mol. The van der Waals surface area contributed by atoms with Crippen LogP contribution in [0.4, 0.5) is 5.69 Å². The number of fused-ring (bicyclic) bond motifs is 1. The predicted molar refractivity (Wildman–Crippen MR) is 86.0 cm³/mol. The van der Waals surface area contributed by atoms with Gasteiger partial charge in [-0.25, -0.2) is 4.98 Å². The van der Waals surface area contributed by atoms with E-state index < -0.39 is 0 Å². The van der Waals surface area contributed by atoms with Crippen molar-refractivity contribution in [3.63, 3.8) is 0 Å². The van der Waals surface area contributed by atoms with Crippen molar-refractivity contribution in [3.8, 4) is 0 Å². The van der Waals surface area contributed by atoms with Gasteiger partial charge in [0.2, 0.25) is 5.91 Å². The monoisotopic (exact) mass is 315 g/mol. The predicted octanol–water partition coefficient (Wildman–Crippen LogP) is 2.66. The van der Waals surface area contributed by atoms with Gasteiger partial charge in [0.25, 0.3) is 5.91 Å². The molecular formula is C16H17N3O2S. The summed E-state index contributed by atoms with van der Waals surface area (Å²) in [5.74, 6) is -0.0844. The van der Waals surface area contributed by atoms with E-state index in [9.17, 15) is 9.59 Å². The summed E-state index contributed by atoms with van der Waals surface area (Å²) in [6.45, 7) is 2.37. The third-order valence-electron chi connectivity index (χ3n) is 3.59. The van der Waals surface area contributed by atoms with E-state index >= 15 is 0 Å². The van der Waals surface area contributed by atoms with E-state index in [0.29, 0.717) is 18.5 Å². The number of anilines is 1. The highest BCUT2D eigenvalue weighted by molar-refractivity contribution is 7.09. The van der Waals surface area contributed by atoms with Crippen LogP contribution in [0.3, 0.4) is 0 Å². The van der Waals surface area contributed by atoms with Crippen LogP contribution in [-0.2, 0) is 17.8 Å². The van der Waals surface area contributed by atoms with Crippen molar-refractivity contribution in [2.24, 2.45) is 0 Å². The second-order valence-corrected chi connectivity index (χ2v) is 6.38. The van der Waals surface area contributed by atoms with Crippen molar-refractivity contribution in [1.82, 2.24) is 10.3 Å². The maximum absolute atomic E-state index is 12.2. The number of nitrogens with zero attached hydrogens (tertiary/aromatic N) is 1. The molecule has 0 saturated carbocycles. The van der Waals surface area contributed by atoms with E-state index in [4.69, 9.17) is 0 Å². The van der Waals surface area contributed by atoms with Crippen LogP contribution in [0.25, 0.3) is 0 Å². The first-order valence-corrected chi connectivity index (χ1v) is 8.12. The molecule has 1 aromatic heterocycles. The second-order valence-electron chi connectivity index (χ2n) is 5.31. The van der Waals surface area contributed by atoms with Gasteiger partial charge in [-0.1, -0.05) is 0 Å². The minimum absolute atomic E-state index is 0.0369. The molecule has 2 heterocycles. The number of amides is 2. The van der Waals surface area contributed by atoms with E-state index in [2.05, 4.69) is 15.6 Å². The lowest BCUT2D eigenvalue weighted by molar-refractivity contribution is -0.116. The summed E-state index contributed by atoms with van der Waals surface area (Å²) in [6, 6.07) is 5.41. The lowest BCUT2D eigenvalue weighted by Gasteiger charge is -2.09. The molecule has 1 aromatic carbocycles. The molecule has 1 aliphatic rings. The van der Waals surface area contributed by atoms with Crippen molar-refractivity contribution in [2.75, 3.05) is 5.32 Å². The van der Waals surface area contributed by atoms with Gasteiger partial charge in [0.15, 0.2) is 0 Å². The largest absolute Gasteiger partial charge is 0.346 e. The van der Waals surface area contributed by atoms with E-state index in [1.807, 2.05) is 18.4 Å². The first-order chi connectivity index (χ1) is 10.6. The van der Waals surface area contributed by atoms with Gasteiger partial charge in [-0.15, -0.1) is 11.3 Å². The topological polar surface area (TPSA) is 71.1 Å². The van der Waals surface area contributed by atoms with Crippen LogP contribution in [0, 0.1) is 6.92 Å². The Morgan fingerprint density at radius 1 is 1.41 bits per heavy atom. The molecule has 0 spiro atoms. The number of aryl methyl sites for hydroxylation is 2. The molecule has 1 aliphatic heterocycles. The lowest BCUT2D eigenvalue weighted by atomic mass is 10.0. The molecule has 22 heavy (non-hydrogen) atoms. The molecule has 6 heteroatoms. The Kier molecular flexibility index (Phi) is 4.20. The summed E-state index contributed by atoms with van der Waals surface area (Å²) in [7, 11) is 0. The zero-order valence-corrected chi connectivity index (χ0v) is 13.1. The molecule has 0 fully saturated rings. The summed E-state index contributed by atoms with van der Waals surface area (Å²) in [6.07, 6.45) is 2.14. The molecule has 2 amide bonds. The molecule has 2 N–H and O–H groups in total. The minimum Gasteiger partial charge on any atom is -0.346 e. The fourth-order valence-corrected chi connectivity index (χ4v) is 3.09. The fraction of sp³-hybridized carbons (Fsp3) is 0.312. The van der Waals surface area contributed by atoms with Crippen molar-refractivity contribution in [1.29, 1.82) is 0 Å². The molecule has 0 saturated heterocycles. The molecule has 5 nitrogen and oxygen atoms in total. The van der Waals surface area contributed by atoms with E-state index in [1.54, 1.807) is 23.5 Å². The van der Waals surface area contributed by atoms with Crippen LogP contribution in [0.1, 0.15) is 39.5 Å². The first-order valence-electron chi connectivity index (χ1n) is 7.24. The SMILES string of the molecule is Cc1nc(CNC(=O)c2ccc3c(c2)CCCC(=O)N3)cs1. The smallest absolute Gasteiger partial charge is 0.251 e. The highest BCUT2D eigenvalue weighted by atomic mass is 32.1. The van der Waals surface area contributed by atoms with Crippen LogP contribution < -0.4 is 10.6 Å². The van der Waals surface area contributed by atoms with Gasteiger partial charge in [-0.2, -0.15) is 0 Å². The minimum atomic E-state index is -0.121. The lowest BCUT2D eigenvalue weighted by Crippen LogP contribution is -2.23. The zero-order chi connectivity index (χ0) is 15.5. The van der Waals surface area contributed by atoms with Gasteiger partial charge < -0.3 is 10.6 Å². The standard InChI is InChI=1S/C16H17N3O2S/c1-10-18-13(9-22-10)8-17-16(21)12-5-6-14-11(7-12)3-2-4-15(20)19-14/h5-7,9H,2-4,8H2,1H3,(H,17,21)(H,19,20). The van der Waals surface area contributed by atoms with Crippen LogP contribution in [-0.4, -0.2) is 16.8 Å². The number of hydrogen-bond acceptors (Lipinski definition) is 4. The molecule has 0 unspecified atom stereocenters. The third-order valence-corrected chi connectivity index (χ3v) is 4.41. The summed E-state index contributed by atoms with van der Waals surface area (Å²) < 4.78 is 0. The molecule has 0 radical (unpaired) electrons. The van der Waals surface area contributed by atoms with Crippen molar-refractivity contribution >= 4 is 28.8 Å². The Balaban J connectivity index is 1.70. The molecule has 3 rings (SSSR count). The highest BCUT2D eigenvalue weighted by Gasteiger charge is 2.15. The van der Waals surface area contributed by atoms with E-state index in [0.717, 1.165) is 34.8 Å². The molecule has 0 aliphatic carbocycles. The van der Waals surface area contributed by atoms with E-state index in [-0.39, 0.29) is 11.8 Å². The average molecular weight is 315 g/mol. The van der Waals surface area contributed by atoms with Gasteiger partial charge in [0, 0.05) is 23.1 Å². The summed E-state index contributed by atoms with van der Waals surface area (Å²) in [5, 5.41) is 8.68. The summed E-state index contributed by atoms with van der Waals surface area (Å²) in [4.78, 5) is 28.1. The number of thiazole rings is 1. The molecule has 2 aromatic rings. The molecule has 114 valence electrons. The van der Waals surface area contributed by atoms with Crippen LogP contribution in [0.5, 0.6) is 0 Å².